The zero-order valence-electron chi connectivity index (χ0n) is 11.8. The Morgan fingerprint density at radius 1 is 1.35 bits per heavy atom. The van der Waals surface area contributed by atoms with Gasteiger partial charge in [0.25, 0.3) is 0 Å². The summed E-state index contributed by atoms with van der Waals surface area (Å²) in [6, 6.07) is 5.03. The molecule has 0 saturated heterocycles. The summed E-state index contributed by atoms with van der Waals surface area (Å²) in [6.45, 7) is -0.268. The molecule has 1 aromatic carbocycles. The summed E-state index contributed by atoms with van der Waals surface area (Å²) in [7, 11) is 1.43. The van der Waals surface area contributed by atoms with Crippen LogP contribution in [-0.4, -0.2) is 18.2 Å². The third-order valence-corrected chi connectivity index (χ3v) is 4.19. The molecule has 3 nitrogen and oxygen atoms in total. The van der Waals surface area contributed by atoms with E-state index in [1.807, 2.05) is 6.07 Å². The summed E-state index contributed by atoms with van der Waals surface area (Å²) in [5, 5.41) is 8.95. The molecule has 0 bridgehead atoms. The third-order valence-electron chi connectivity index (χ3n) is 4.19. The number of esters is 1. The average molecular weight is 280 g/mol. The van der Waals surface area contributed by atoms with Crippen LogP contribution in [0, 0.1) is 17.7 Å². The number of benzene rings is 1. The molecule has 1 saturated carbocycles. The predicted octanol–water partition coefficient (Wildman–Crippen LogP) is 2.84. The van der Waals surface area contributed by atoms with Crippen LogP contribution in [0.25, 0.3) is 0 Å². The van der Waals surface area contributed by atoms with Gasteiger partial charge in [0.2, 0.25) is 0 Å². The Balaban J connectivity index is 1.89. The lowest BCUT2D eigenvalue weighted by Crippen LogP contribution is -2.23. The molecule has 0 aliphatic heterocycles. The minimum absolute atomic E-state index is 0.0322. The lowest BCUT2D eigenvalue weighted by atomic mass is 9.79. The largest absolute Gasteiger partial charge is 0.469 e. The van der Waals surface area contributed by atoms with Gasteiger partial charge < -0.3 is 9.84 Å². The summed E-state index contributed by atoms with van der Waals surface area (Å²) >= 11 is 0. The highest BCUT2D eigenvalue weighted by molar-refractivity contribution is 5.72. The molecule has 1 N–H and O–H groups in total. The molecule has 110 valence electrons. The van der Waals surface area contributed by atoms with Gasteiger partial charge in [-0.05, 0) is 49.7 Å². The lowest BCUT2D eigenvalue weighted by Gasteiger charge is -2.27. The van der Waals surface area contributed by atoms with E-state index in [9.17, 15) is 9.18 Å². The average Bonchev–Trinajstić information content (AvgIpc) is 2.47. The van der Waals surface area contributed by atoms with E-state index in [0.29, 0.717) is 11.5 Å². The Hall–Kier alpha value is -1.42. The SMILES string of the molecule is COC(=O)[C@H]1CC[C@H](Cc2ccc(CO)c(F)c2)CC1. The number of hydrogen-bond acceptors (Lipinski definition) is 3. The van der Waals surface area contributed by atoms with Crippen molar-refractivity contribution in [3.63, 3.8) is 0 Å². The van der Waals surface area contributed by atoms with Gasteiger partial charge in [-0.1, -0.05) is 12.1 Å². The molecule has 20 heavy (non-hydrogen) atoms. The molecule has 1 fully saturated rings. The summed E-state index contributed by atoms with van der Waals surface area (Å²) in [4.78, 5) is 11.5. The summed E-state index contributed by atoms with van der Waals surface area (Å²) in [6.07, 6.45) is 4.49. The molecular formula is C16H21FO3. The zero-order valence-corrected chi connectivity index (χ0v) is 11.8. The van der Waals surface area contributed by atoms with Crippen LogP contribution >= 0.6 is 0 Å². The van der Waals surface area contributed by atoms with Gasteiger partial charge >= 0.3 is 5.97 Å². The van der Waals surface area contributed by atoms with Crippen molar-refractivity contribution in [3.05, 3.63) is 35.1 Å². The van der Waals surface area contributed by atoms with E-state index in [4.69, 9.17) is 9.84 Å². The van der Waals surface area contributed by atoms with E-state index in [1.54, 1.807) is 6.07 Å². The Bertz CT molecular complexity index is 465. The number of ether oxygens (including phenoxy) is 1. The Morgan fingerprint density at radius 2 is 2.05 bits per heavy atom. The number of carbonyl (C=O) groups is 1. The van der Waals surface area contributed by atoms with Crippen molar-refractivity contribution in [2.24, 2.45) is 11.8 Å². The van der Waals surface area contributed by atoms with Crippen LogP contribution in [0.5, 0.6) is 0 Å². The van der Waals surface area contributed by atoms with Gasteiger partial charge in [-0.2, -0.15) is 0 Å². The van der Waals surface area contributed by atoms with E-state index in [-0.39, 0.29) is 24.3 Å². The minimum atomic E-state index is -0.340. The number of aliphatic hydroxyl groups excluding tert-OH is 1. The van der Waals surface area contributed by atoms with Crippen molar-refractivity contribution in [3.8, 4) is 0 Å². The predicted molar refractivity (Wildman–Crippen MR) is 73.5 cm³/mol. The first-order chi connectivity index (χ1) is 9.63. The maximum atomic E-state index is 13.6. The van der Waals surface area contributed by atoms with Gasteiger partial charge in [-0.15, -0.1) is 0 Å². The number of hydrogen-bond donors (Lipinski definition) is 1. The van der Waals surface area contributed by atoms with Crippen molar-refractivity contribution in [1.82, 2.24) is 0 Å². The van der Waals surface area contributed by atoms with Gasteiger partial charge in [0.15, 0.2) is 0 Å². The first kappa shape index (κ1) is 15.0. The van der Waals surface area contributed by atoms with Crippen LogP contribution in [0.4, 0.5) is 4.39 Å². The van der Waals surface area contributed by atoms with Crippen molar-refractivity contribution in [1.29, 1.82) is 0 Å². The van der Waals surface area contributed by atoms with Crippen LogP contribution < -0.4 is 0 Å². The van der Waals surface area contributed by atoms with Crippen molar-refractivity contribution in [2.75, 3.05) is 7.11 Å². The molecule has 1 aliphatic rings. The summed E-state index contributed by atoms with van der Waals surface area (Å²) < 4.78 is 18.4. The van der Waals surface area contributed by atoms with E-state index in [1.165, 1.54) is 13.2 Å². The molecule has 0 amide bonds. The van der Waals surface area contributed by atoms with Gasteiger partial charge in [-0.25, -0.2) is 4.39 Å². The van der Waals surface area contributed by atoms with Crippen molar-refractivity contribution >= 4 is 5.97 Å². The summed E-state index contributed by atoms with van der Waals surface area (Å²) in [5.41, 5.74) is 1.30. The molecule has 1 aliphatic carbocycles. The number of aliphatic hydroxyl groups is 1. The fourth-order valence-corrected chi connectivity index (χ4v) is 2.95. The second-order valence-electron chi connectivity index (χ2n) is 5.53. The van der Waals surface area contributed by atoms with Crippen LogP contribution in [0.3, 0.4) is 0 Å². The quantitative estimate of drug-likeness (QED) is 0.863. The molecule has 0 unspecified atom stereocenters. The molecule has 0 heterocycles. The highest BCUT2D eigenvalue weighted by Gasteiger charge is 2.26. The number of rotatable bonds is 4. The summed E-state index contributed by atoms with van der Waals surface area (Å²) in [5.74, 6) is 0.0788. The first-order valence-corrected chi connectivity index (χ1v) is 7.10. The topological polar surface area (TPSA) is 46.5 Å². The third kappa shape index (κ3) is 3.57. The van der Waals surface area contributed by atoms with Crippen LogP contribution in [0.15, 0.2) is 18.2 Å². The second-order valence-corrected chi connectivity index (χ2v) is 5.53. The number of carbonyl (C=O) groups excluding carboxylic acids is 1. The number of halogens is 1. The highest BCUT2D eigenvalue weighted by Crippen LogP contribution is 2.31. The van der Waals surface area contributed by atoms with Gasteiger partial charge in [0.05, 0.1) is 19.6 Å². The maximum absolute atomic E-state index is 13.6. The molecule has 1 aromatic rings. The number of methoxy groups -OCH3 is 1. The van der Waals surface area contributed by atoms with Crippen LogP contribution in [0.2, 0.25) is 0 Å². The minimum Gasteiger partial charge on any atom is -0.469 e. The molecule has 4 heteroatoms. The Morgan fingerprint density at radius 3 is 2.60 bits per heavy atom. The van der Waals surface area contributed by atoms with Crippen LogP contribution in [0.1, 0.15) is 36.8 Å². The molecule has 0 spiro atoms. The van der Waals surface area contributed by atoms with Crippen molar-refractivity contribution in [2.45, 2.75) is 38.7 Å². The molecular weight excluding hydrogens is 259 g/mol. The van der Waals surface area contributed by atoms with Gasteiger partial charge in [0, 0.05) is 5.56 Å². The monoisotopic (exact) mass is 280 g/mol. The Labute approximate surface area is 118 Å². The van der Waals surface area contributed by atoms with Crippen molar-refractivity contribution < 1.29 is 19.0 Å². The fourth-order valence-electron chi connectivity index (χ4n) is 2.95. The zero-order chi connectivity index (χ0) is 14.5. The smallest absolute Gasteiger partial charge is 0.308 e. The molecule has 0 atom stereocenters. The molecule has 0 radical (unpaired) electrons. The van der Waals surface area contributed by atoms with Crippen LogP contribution in [-0.2, 0) is 22.6 Å². The second kappa shape index (κ2) is 6.84. The van der Waals surface area contributed by atoms with E-state index in [2.05, 4.69) is 0 Å². The maximum Gasteiger partial charge on any atom is 0.308 e. The van der Waals surface area contributed by atoms with Gasteiger partial charge in [-0.3, -0.25) is 4.79 Å². The van der Waals surface area contributed by atoms with Gasteiger partial charge in [0.1, 0.15) is 5.82 Å². The van der Waals surface area contributed by atoms with E-state index >= 15 is 0 Å². The normalized spacial score (nSPS) is 22.6. The molecule has 0 aromatic heterocycles. The highest BCUT2D eigenvalue weighted by atomic mass is 19.1. The Kier molecular flexibility index (Phi) is 5.12. The first-order valence-electron chi connectivity index (χ1n) is 7.10. The lowest BCUT2D eigenvalue weighted by molar-refractivity contribution is -0.146. The fraction of sp³-hybridized carbons (Fsp3) is 0.562. The van der Waals surface area contributed by atoms with E-state index < -0.39 is 0 Å². The molecule has 2 rings (SSSR count). The standard InChI is InChI=1S/C16H21FO3/c1-20-16(19)13-5-2-11(3-6-13)8-12-4-7-14(10-18)15(17)9-12/h4,7,9,11,13,18H,2-3,5-6,8,10H2,1H3/t11-,13-. The van der Waals surface area contributed by atoms with E-state index in [0.717, 1.165) is 37.7 Å².